The first kappa shape index (κ1) is 18.5. The first-order valence-electron chi connectivity index (χ1n) is 8.65. The van der Waals surface area contributed by atoms with E-state index >= 15 is 0 Å². The number of H-pyrrole nitrogens is 1. The molecule has 0 aliphatic heterocycles. The van der Waals surface area contributed by atoms with Crippen LogP contribution in [-0.2, 0) is 17.6 Å². The van der Waals surface area contributed by atoms with E-state index in [2.05, 4.69) is 30.7 Å². The highest BCUT2D eigenvalue weighted by atomic mass is 32.2. The summed E-state index contributed by atoms with van der Waals surface area (Å²) in [7, 11) is 0. The lowest BCUT2D eigenvalue weighted by molar-refractivity contribution is -0.137. The van der Waals surface area contributed by atoms with Crippen LogP contribution >= 0.6 is 23.1 Å². The Morgan fingerprint density at radius 3 is 2.88 bits per heavy atom. The summed E-state index contributed by atoms with van der Waals surface area (Å²) in [5, 5.41) is 10.0. The highest BCUT2D eigenvalue weighted by Crippen LogP contribution is 2.42. The molecule has 1 atom stereocenters. The third-order valence-corrected chi connectivity index (χ3v) is 7.00. The van der Waals surface area contributed by atoms with Crippen molar-refractivity contribution < 1.29 is 9.90 Å². The van der Waals surface area contributed by atoms with Gasteiger partial charge in [-0.25, -0.2) is 4.98 Å². The van der Waals surface area contributed by atoms with Gasteiger partial charge in [-0.05, 0) is 42.6 Å². The molecule has 2 aromatic heterocycles. The lowest BCUT2D eigenvalue weighted by Crippen LogP contribution is -2.26. The van der Waals surface area contributed by atoms with Crippen molar-refractivity contribution in [3.63, 3.8) is 0 Å². The van der Waals surface area contributed by atoms with Gasteiger partial charge < -0.3 is 10.1 Å². The van der Waals surface area contributed by atoms with Crippen LogP contribution in [-0.4, -0.2) is 26.8 Å². The van der Waals surface area contributed by atoms with Gasteiger partial charge in [0.1, 0.15) is 4.83 Å². The van der Waals surface area contributed by atoms with Crippen LogP contribution in [0.4, 0.5) is 0 Å². The lowest BCUT2D eigenvalue weighted by atomic mass is 9.72. The van der Waals surface area contributed by atoms with E-state index < -0.39 is 5.97 Å². The Bertz CT molecular complexity index is 848. The summed E-state index contributed by atoms with van der Waals surface area (Å²) in [6.07, 6.45) is 3.80. The van der Waals surface area contributed by atoms with E-state index in [1.807, 2.05) is 0 Å². The molecule has 2 heterocycles. The Morgan fingerprint density at radius 2 is 2.20 bits per heavy atom. The molecule has 0 fully saturated rings. The van der Waals surface area contributed by atoms with Crippen molar-refractivity contribution >= 4 is 39.3 Å². The molecule has 25 heavy (non-hydrogen) atoms. The monoisotopic (exact) mass is 380 g/mol. The smallest absolute Gasteiger partial charge is 0.303 e. The van der Waals surface area contributed by atoms with Crippen molar-refractivity contribution in [1.29, 1.82) is 0 Å². The molecule has 0 spiro atoms. The Morgan fingerprint density at radius 1 is 1.44 bits per heavy atom. The summed E-state index contributed by atoms with van der Waals surface area (Å²) in [5.41, 5.74) is 1.41. The second kappa shape index (κ2) is 7.11. The molecule has 3 rings (SSSR count). The molecule has 1 aliphatic carbocycles. The molecule has 0 radical (unpaired) electrons. The van der Waals surface area contributed by atoms with Crippen molar-refractivity contribution in [1.82, 2.24) is 9.97 Å². The fourth-order valence-corrected chi connectivity index (χ4v) is 5.52. The van der Waals surface area contributed by atoms with Crippen LogP contribution in [0, 0.1) is 11.3 Å². The molecule has 0 saturated heterocycles. The van der Waals surface area contributed by atoms with Crippen LogP contribution in [0.2, 0.25) is 0 Å². The zero-order valence-corrected chi connectivity index (χ0v) is 16.5. The van der Waals surface area contributed by atoms with Gasteiger partial charge >= 0.3 is 5.97 Å². The number of aromatic amines is 1. The molecule has 0 bridgehead atoms. The third kappa shape index (κ3) is 4.08. The molecule has 136 valence electrons. The van der Waals surface area contributed by atoms with E-state index in [9.17, 15) is 9.59 Å². The minimum Gasteiger partial charge on any atom is -0.481 e. The summed E-state index contributed by atoms with van der Waals surface area (Å²) >= 11 is 3.07. The number of hydrogen-bond donors (Lipinski definition) is 2. The number of fused-ring (bicyclic) bond motifs is 3. The number of aliphatic carboxylic acids is 1. The molecular weight excluding hydrogens is 356 g/mol. The van der Waals surface area contributed by atoms with Gasteiger partial charge in [0, 0.05) is 17.1 Å². The maximum absolute atomic E-state index is 12.6. The largest absolute Gasteiger partial charge is 0.481 e. The molecular formula is C18H24N2O3S2. The average Bonchev–Trinajstić information content (AvgIpc) is 2.88. The zero-order valence-electron chi connectivity index (χ0n) is 14.8. The van der Waals surface area contributed by atoms with Gasteiger partial charge in [-0.15, -0.1) is 11.3 Å². The van der Waals surface area contributed by atoms with Crippen LogP contribution in [0.3, 0.4) is 0 Å². The molecule has 7 heteroatoms. The number of carbonyl (C=O) groups is 1. The first-order chi connectivity index (χ1) is 11.8. The van der Waals surface area contributed by atoms with E-state index in [1.54, 1.807) is 11.3 Å². The number of hydrogen-bond acceptors (Lipinski definition) is 5. The van der Waals surface area contributed by atoms with Crippen LogP contribution in [0.5, 0.6) is 0 Å². The number of carboxylic acids is 1. The van der Waals surface area contributed by atoms with E-state index in [1.165, 1.54) is 22.2 Å². The number of nitrogens with one attached hydrogen (secondary N) is 1. The van der Waals surface area contributed by atoms with E-state index in [-0.39, 0.29) is 17.4 Å². The third-order valence-electron chi connectivity index (χ3n) is 4.90. The average molecular weight is 381 g/mol. The normalized spacial score (nSPS) is 17.6. The van der Waals surface area contributed by atoms with Gasteiger partial charge in [0.05, 0.1) is 5.39 Å². The van der Waals surface area contributed by atoms with E-state index in [0.29, 0.717) is 23.2 Å². The number of rotatable bonds is 5. The predicted octanol–water partition coefficient (Wildman–Crippen LogP) is 4.09. The fourth-order valence-electron chi connectivity index (χ4n) is 3.36. The lowest BCUT2D eigenvalue weighted by Gasteiger charge is -2.33. The number of aromatic nitrogens is 2. The zero-order chi connectivity index (χ0) is 18.2. The van der Waals surface area contributed by atoms with Gasteiger partial charge in [-0.1, -0.05) is 32.5 Å². The Hall–Kier alpha value is -1.34. The summed E-state index contributed by atoms with van der Waals surface area (Å²) in [4.78, 5) is 32.8. The number of carboxylic acid groups (broad SMARTS) is 1. The number of thiophene rings is 1. The summed E-state index contributed by atoms with van der Waals surface area (Å²) in [6, 6.07) is 0. The molecule has 5 nitrogen and oxygen atoms in total. The summed E-state index contributed by atoms with van der Waals surface area (Å²) in [6.45, 7) is 6.85. The highest BCUT2D eigenvalue weighted by Gasteiger charge is 2.31. The molecule has 2 aromatic rings. The quantitative estimate of drug-likeness (QED) is 0.464. The van der Waals surface area contributed by atoms with Gasteiger partial charge in [0.25, 0.3) is 5.56 Å². The van der Waals surface area contributed by atoms with Crippen molar-refractivity contribution in [2.45, 2.75) is 58.0 Å². The van der Waals surface area contributed by atoms with E-state index in [0.717, 1.165) is 29.5 Å². The number of thioether (sulfide) groups is 1. The second-order valence-electron chi connectivity index (χ2n) is 7.71. The van der Waals surface area contributed by atoms with Crippen molar-refractivity contribution in [2.24, 2.45) is 11.3 Å². The maximum atomic E-state index is 12.6. The van der Waals surface area contributed by atoms with Gasteiger partial charge in [0.15, 0.2) is 5.16 Å². The minimum atomic E-state index is -0.795. The van der Waals surface area contributed by atoms with E-state index in [4.69, 9.17) is 5.11 Å². The van der Waals surface area contributed by atoms with Gasteiger partial charge in [-0.2, -0.15) is 0 Å². The first-order valence-corrected chi connectivity index (χ1v) is 10.4. The van der Waals surface area contributed by atoms with Crippen LogP contribution in [0.25, 0.3) is 10.2 Å². The number of nitrogens with zero attached hydrogens (tertiary/aromatic N) is 1. The molecule has 2 N–H and O–H groups in total. The standard InChI is InChI=1S/C18H24N2O3S2/c1-18(2,3)10-6-7-11-12(9-10)25-16-14(11)15(23)19-17(20-16)24-8-4-5-13(21)22/h10H,4-9H2,1-3H3,(H,21,22)(H,19,20,23). The molecule has 0 aromatic carbocycles. The Balaban J connectivity index is 1.83. The fraction of sp³-hybridized carbons (Fsp3) is 0.611. The van der Waals surface area contributed by atoms with Crippen molar-refractivity contribution in [2.75, 3.05) is 5.75 Å². The van der Waals surface area contributed by atoms with Crippen LogP contribution in [0.1, 0.15) is 50.5 Å². The van der Waals surface area contributed by atoms with Crippen molar-refractivity contribution in [3.8, 4) is 0 Å². The predicted molar refractivity (Wildman–Crippen MR) is 103 cm³/mol. The Labute approximate surface area is 155 Å². The minimum absolute atomic E-state index is 0.0579. The molecule has 0 amide bonds. The molecule has 1 unspecified atom stereocenters. The second-order valence-corrected chi connectivity index (χ2v) is 9.87. The van der Waals surface area contributed by atoms with Gasteiger partial charge in [0.2, 0.25) is 0 Å². The molecule has 1 aliphatic rings. The topological polar surface area (TPSA) is 83.0 Å². The van der Waals surface area contributed by atoms with Crippen LogP contribution < -0.4 is 5.56 Å². The van der Waals surface area contributed by atoms with Crippen molar-refractivity contribution in [3.05, 3.63) is 20.8 Å². The summed E-state index contributed by atoms with van der Waals surface area (Å²) in [5.74, 6) is 0.478. The number of aryl methyl sites for hydroxylation is 1. The molecule has 0 saturated carbocycles. The Kier molecular flexibility index (Phi) is 5.25. The highest BCUT2D eigenvalue weighted by molar-refractivity contribution is 7.99. The van der Waals surface area contributed by atoms with Crippen LogP contribution in [0.15, 0.2) is 9.95 Å². The summed E-state index contributed by atoms with van der Waals surface area (Å²) < 4.78 is 0. The maximum Gasteiger partial charge on any atom is 0.303 e. The van der Waals surface area contributed by atoms with Gasteiger partial charge in [-0.3, -0.25) is 9.59 Å². The SMILES string of the molecule is CC(C)(C)C1CCc2c(sc3nc(SCCCC(=O)O)[nH]c(=O)c23)C1.